The average Bonchev–Trinajstić information content (AvgIpc) is 2.94. The van der Waals surface area contributed by atoms with Gasteiger partial charge in [-0.15, -0.1) is 0 Å². The molecule has 0 aliphatic carbocycles. The van der Waals surface area contributed by atoms with Crippen molar-refractivity contribution in [2.75, 3.05) is 13.7 Å². The molecule has 6 heteroatoms. The van der Waals surface area contributed by atoms with Crippen molar-refractivity contribution in [1.29, 1.82) is 0 Å². The fourth-order valence-electron chi connectivity index (χ4n) is 1.83. The molecule has 0 bridgehead atoms. The van der Waals surface area contributed by atoms with E-state index < -0.39 is 0 Å². The topological polar surface area (TPSA) is 70.8 Å². The van der Waals surface area contributed by atoms with Crippen molar-refractivity contribution in [1.82, 2.24) is 5.16 Å². The van der Waals surface area contributed by atoms with E-state index in [1.54, 1.807) is 31.4 Å². The lowest BCUT2D eigenvalue weighted by atomic mass is 10.2. The molecule has 0 N–H and O–H groups in total. The molecule has 0 saturated heterocycles. The van der Waals surface area contributed by atoms with E-state index in [0.29, 0.717) is 41.7 Å². The second-order valence-corrected chi connectivity index (χ2v) is 4.23. The Hall–Kier alpha value is -2.34. The highest BCUT2D eigenvalue weighted by Crippen LogP contribution is 2.31. The zero-order valence-electron chi connectivity index (χ0n) is 12.0. The van der Waals surface area contributed by atoms with Crippen LogP contribution in [0.3, 0.4) is 0 Å². The van der Waals surface area contributed by atoms with E-state index in [1.807, 2.05) is 6.92 Å². The maximum Gasteiger partial charge on any atom is 0.172 e. The summed E-state index contributed by atoms with van der Waals surface area (Å²) < 4.78 is 21.2. The van der Waals surface area contributed by atoms with Gasteiger partial charge in [0.05, 0.1) is 12.2 Å². The van der Waals surface area contributed by atoms with Gasteiger partial charge >= 0.3 is 0 Å². The molecule has 0 aliphatic rings. The van der Waals surface area contributed by atoms with Crippen LogP contribution in [-0.4, -0.2) is 25.2 Å². The molecule has 21 heavy (non-hydrogen) atoms. The van der Waals surface area contributed by atoms with Crippen LogP contribution in [-0.2, 0) is 18.0 Å². The first-order chi connectivity index (χ1) is 10.3. The number of carbonyl (C=O) groups excluding carboxylic acids is 1. The van der Waals surface area contributed by atoms with E-state index in [2.05, 4.69) is 5.16 Å². The molecule has 2 aromatic rings. The maximum absolute atomic E-state index is 11.1. The van der Waals surface area contributed by atoms with Crippen LogP contribution in [0.4, 0.5) is 0 Å². The second-order valence-electron chi connectivity index (χ2n) is 4.23. The molecule has 1 aromatic carbocycles. The molecule has 112 valence electrons. The zero-order valence-corrected chi connectivity index (χ0v) is 12.0. The molecule has 0 unspecified atom stereocenters. The van der Waals surface area contributed by atoms with E-state index in [9.17, 15) is 4.79 Å². The Morgan fingerprint density at radius 1 is 1.29 bits per heavy atom. The van der Waals surface area contributed by atoms with Gasteiger partial charge in [-0.2, -0.15) is 0 Å². The molecule has 0 fully saturated rings. The van der Waals surface area contributed by atoms with Crippen molar-refractivity contribution >= 4 is 6.29 Å². The average molecular weight is 291 g/mol. The van der Waals surface area contributed by atoms with Crippen LogP contribution in [0.25, 0.3) is 0 Å². The molecule has 0 saturated carbocycles. The van der Waals surface area contributed by atoms with Crippen LogP contribution in [0.5, 0.6) is 11.5 Å². The van der Waals surface area contributed by atoms with E-state index in [4.69, 9.17) is 18.7 Å². The Morgan fingerprint density at radius 3 is 2.86 bits per heavy atom. The van der Waals surface area contributed by atoms with Crippen molar-refractivity contribution in [2.24, 2.45) is 0 Å². The highest BCUT2D eigenvalue weighted by atomic mass is 16.5. The Bertz CT molecular complexity index is 593. The van der Waals surface area contributed by atoms with E-state index >= 15 is 0 Å². The zero-order chi connectivity index (χ0) is 15.1. The van der Waals surface area contributed by atoms with Gasteiger partial charge in [0.15, 0.2) is 23.5 Å². The summed E-state index contributed by atoms with van der Waals surface area (Å²) in [5.74, 6) is 1.55. The number of ether oxygens (including phenoxy) is 3. The number of hydrogen-bond donors (Lipinski definition) is 0. The van der Waals surface area contributed by atoms with Crippen LogP contribution in [0.15, 0.2) is 28.8 Å². The smallest absolute Gasteiger partial charge is 0.172 e. The number of carbonyl (C=O) groups is 1. The van der Waals surface area contributed by atoms with Crippen LogP contribution >= 0.6 is 0 Å². The van der Waals surface area contributed by atoms with Crippen LogP contribution in [0, 0.1) is 0 Å². The van der Waals surface area contributed by atoms with Gasteiger partial charge in [-0.25, -0.2) is 0 Å². The minimum atomic E-state index is 0.179. The van der Waals surface area contributed by atoms with Crippen molar-refractivity contribution in [3.05, 3.63) is 41.3 Å². The Kier molecular flexibility index (Phi) is 5.34. The molecule has 0 atom stereocenters. The highest BCUT2D eigenvalue weighted by molar-refractivity contribution is 5.81. The summed E-state index contributed by atoms with van der Waals surface area (Å²) in [5, 5.41) is 3.87. The van der Waals surface area contributed by atoms with Gasteiger partial charge in [-0.3, -0.25) is 4.79 Å². The number of aldehydes is 1. The molecule has 1 aromatic heterocycles. The van der Waals surface area contributed by atoms with E-state index in [0.717, 1.165) is 6.29 Å². The number of rotatable bonds is 8. The summed E-state index contributed by atoms with van der Waals surface area (Å²) in [5.41, 5.74) is 1.05. The summed E-state index contributed by atoms with van der Waals surface area (Å²) in [6.07, 6.45) is 0.733. The minimum absolute atomic E-state index is 0.179. The van der Waals surface area contributed by atoms with Crippen LogP contribution in [0.1, 0.15) is 28.7 Å². The van der Waals surface area contributed by atoms with Crippen molar-refractivity contribution in [2.45, 2.75) is 20.1 Å². The third kappa shape index (κ3) is 3.82. The molecule has 0 aliphatic heterocycles. The SMILES string of the molecule is CCOc1cccc(C=O)c1OCc1cc(COC)on1. The monoisotopic (exact) mass is 291 g/mol. The Labute approximate surface area is 122 Å². The van der Waals surface area contributed by atoms with Gasteiger partial charge in [0.1, 0.15) is 18.9 Å². The molecule has 6 nitrogen and oxygen atoms in total. The first-order valence-corrected chi connectivity index (χ1v) is 6.55. The van der Waals surface area contributed by atoms with Gasteiger partial charge in [0, 0.05) is 13.2 Å². The summed E-state index contributed by atoms with van der Waals surface area (Å²) in [7, 11) is 1.58. The Morgan fingerprint density at radius 2 is 2.14 bits per heavy atom. The number of benzene rings is 1. The number of para-hydroxylation sites is 1. The number of methoxy groups -OCH3 is 1. The molecule has 0 amide bonds. The first kappa shape index (κ1) is 15.1. The van der Waals surface area contributed by atoms with Crippen molar-refractivity contribution in [3.63, 3.8) is 0 Å². The summed E-state index contributed by atoms with van der Waals surface area (Å²) >= 11 is 0. The van der Waals surface area contributed by atoms with Gasteiger partial charge in [-0.05, 0) is 19.1 Å². The lowest BCUT2D eigenvalue weighted by Crippen LogP contribution is -2.02. The molecule has 0 radical (unpaired) electrons. The lowest BCUT2D eigenvalue weighted by Gasteiger charge is -2.12. The molecule has 1 heterocycles. The summed E-state index contributed by atoms with van der Waals surface area (Å²) in [6.45, 7) is 2.88. The lowest BCUT2D eigenvalue weighted by molar-refractivity contribution is 0.111. The predicted octanol–water partition coefficient (Wildman–Crippen LogP) is 2.61. The largest absolute Gasteiger partial charge is 0.490 e. The predicted molar refractivity (Wildman–Crippen MR) is 74.5 cm³/mol. The summed E-state index contributed by atoms with van der Waals surface area (Å²) in [4.78, 5) is 11.1. The van der Waals surface area contributed by atoms with E-state index in [1.165, 1.54) is 0 Å². The first-order valence-electron chi connectivity index (χ1n) is 6.55. The van der Waals surface area contributed by atoms with Gasteiger partial charge < -0.3 is 18.7 Å². The van der Waals surface area contributed by atoms with Crippen molar-refractivity contribution in [3.8, 4) is 11.5 Å². The molecule has 0 spiro atoms. The van der Waals surface area contributed by atoms with Crippen LogP contribution in [0.2, 0.25) is 0 Å². The summed E-state index contributed by atoms with van der Waals surface area (Å²) in [6, 6.07) is 6.91. The molecule has 2 rings (SSSR count). The van der Waals surface area contributed by atoms with Crippen LogP contribution < -0.4 is 9.47 Å². The van der Waals surface area contributed by atoms with Gasteiger partial charge in [0.25, 0.3) is 0 Å². The van der Waals surface area contributed by atoms with Gasteiger partial charge in [-0.1, -0.05) is 11.2 Å². The number of aromatic nitrogens is 1. The maximum atomic E-state index is 11.1. The number of hydrogen-bond acceptors (Lipinski definition) is 6. The third-order valence-corrected chi connectivity index (χ3v) is 2.69. The Balaban J connectivity index is 2.12. The number of nitrogens with zero attached hydrogens (tertiary/aromatic N) is 1. The quantitative estimate of drug-likeness (QED) is 0.696. The fraction of sp³-hybridized carbons (Fsp3) is 0.333. The third-order valence-electron chi connectivity index (χ3n) is 2.69. The van der Waals surface area contributed by atoms with Gasteiger partial charge in [0.2, 0.25) is 0 Å². The molecular formula is C15H17NO5. The minimum Gasteiger partial charge on any atom is -0.490 e. The highest BCUT2D eigenvalue weighted by Gasteiger charge is 2.12. The van der Waals surface area contributed by atoms with Crippen molar-refractivity contribution < 1.29 is 23.5 Å². The fourth-order valence-corrected chi connectivity index (χ4v) is 1.83. The standard InChI is InChI=1S/C15H17NO5/c1-3-19-14-6-4-5-11(8-17)15(14)20-9-12-7-13(10-18-2)21-16-12/h4-8H,3,9-10H2,1-2H3. The van der Waals surface area contributed by atoms with E-state index in [-0.39, 0.29) is 6.61 Å². The normalized spacial score (nSPS) is 10.4. The molecular weight excluding hydrogens is 274 g/mol. The second kappa shape index (κ2) is 7.44.